The minimum Gasteiger partial charge on any atom is -0.496 e. The van der Waals surface area contributed by atoms with Gasteiger partial charge in [-0.15, -0.1) is 0 Å². The van der Waals surface area contributed by atoms with Gasteiger partial charge >= 0.3 is 0 Å². The van der Waals surface area contributed by atoms with Crippen molar-refractivity contribution >= 4 is 11.9 Å². The van der Waals surface area contributed by atoms with E-state index in [1.54, 1.807) is 19.4 Å². The molecule has 0 saturated carbocycles. The molecule has 0 atom stereocenters. The minimum atomic E-state index is -0.202. The van der Waals surface area contributed by atoms with E-state index in [0.29, 0.717) is 37.8 Å². The number of aromatic nitrogens is 2. The van der Waals surface area contributed by atoms with E-state index in [2.05, 4.69) is 15.3 Å². The lowest BCUT2D eigenvalue weighted by molar-refractivity contribution is 0.0948. The van der Waals surface area contributed by atoms with Gasteiger partial charge < -0.3 is 19.7 Å². The maximum Gasteiger partial charge on any atom is 0.270 e. The predicted molar refractivity (Wildman–Crippen MR) is 94.1 cm³/mol. The first-order valence-corrected chi connectivity index (χ1v) is 8.34. The Labute approximate surface area is 147 Å². The van der Waals surface area contributed by atoms with Crippen LogP contribution in [0.3, 0.4) is 0 Å². The molecule has 1 aliphatic heterocycles. The highest BCUT2D eigenvalue weighted by Gasteiger charge is 2.16. The molecule has 0 bridgehead atoms. The maximum absolute atomic E-state index is 12.3. The highest BCUT2D eigenvalue weighted by molar-refractivity contribution is 5.92. The van der Waals surface area contributed by atoms with E-state index < -0.39 is 0 Å². The predicted octanol–water partition coefficient (Wildman–Crippen LogP) is 1.29. The molecule has 7 nitrogen and oxygen atoms in total. The first-order valence-electron chi connectivity index (χ1n) is 8.34. The lowest BCUT2D eigenvalue weighted by atomic mass is 10.1. The number of ether oxygens (including phenoxy) is 2. The van der Waals surface area contributed by atoms with Crippen LogP contribution in [-0.4, -0.2) is 55.8 Å². The Morgan fingerprint density at radius 2 is 2.08 bits per heavy atom. The number of methoxy groups -OCH3 is 1. The van der Waals surface area contributed by atoms with Crippen LogP contribution >= 0.6 is 0 Å². The van der Waals surface area contributed by atoms with Gasteiger partial charge in [-0.1, -0.05) is 18.2 Å². The van der Waals surface area contributed by atoms with Crippen LogP contribution < -0.4 is 15.0 Å². The number of benzene rings is 1. The normalized spacial score (nSPS) is 14.2. The molecule has 132 valence electrons. The van der Waals surface area contributed by atoms with Crippen LogP contribution in [-0.2, 0) is 11.2 Å². The number of nitrogens with one attached hydrogen (secondary N) is 1. The summed E-state index contributed by atoms with van der Waals surface area (Å²) in [6.07, 6.45) is 2.31. The zero-order valence-corrected chi connectivity index (χ0v) is 14.3. The molecular weight excluding hydrogens is 320 g/mol. The molecule has 3 rings (SSSR count). The second kappa shape index (κ2) is 8.43. The number of nitrogens with zero attached hydrogens (tertiary/aromatic N) is 3. The summed E-state index contributed by atoms with van der Waals surface area (Å²) in [6, 6.07) is 9.42. The third-order valence-electron chi connectivity index (χ3n) is 4.04. The van der Waals surface area contributed by atoms with Gasteiger partial charge in [0.25, 0.3) is 5.91 Å². The van der Waals surface area contributed by atoms with Crippen molar-refractivity contribution in [3.8, 4) is 5.75 Å². The van der Waals surface area contributed by atoms with Crippen molar-refractivity contribution in [2.75, 3.05) is 44.9 Å². The molecule has 0 spiro atoms. The summed E-state index contributed by atoms with van der Waals surface area (Å²) in [4.78, 5) is 23.0. The van der Waals surface area contributed by atoms with E-state index in [4.69, 9.17) is 9.47 Å². The molecule has 2 aromatic rings. The fraction of sp³-hybridized carbons (Fsp3) is 0.389. The summed E-state index contributed by atoms with van der Waals surface area (Å²) in [5, 5.41) is 2.90. The number of morpholine rings is 1. The number of hydrogen-bond acceptors (Lipinski definition) is 6. The SMILES string of the molecule is COc1ccccc1CCNC(=O)c1ccnc(N2CCOCC2)n1. The van der Waals surface area contributed by atoms with Gasteiger partial charge in [-0.25, -0.2) is 9.97 Å². The van der Waals surface area contributed by atoms with Gasteiger partial charge in [0.1, 0.15) is 11.4 Å². The summed E-state index contributed by atoms with van der Waals surface area (Å²) in [7, 11) is 1.64. The molecule has 7 heteroatoms. The lowest BCUT2D eigenvalue weighted by Crippen LogP contribution is -2.37. The van der Waals surface area contributed by atoms with Crippen LogP contribution in [0, 0.1) is 0 Å². The van der Waals surface area contributed by atoms with Crippen molar-refractivity contribution in [2.24, 2.45) is 0 Å². The lowest BCUT2D eigenvalue weighted by Gasteiger charge is -2.26. The quantitative estimate of drug-likeness (QED) is 0.853. The molecule has 0 aliphatic carbocycles. The number of anilines is 1. The summed E-state index contributed by atoms with van der Waals surface area (Å²) in [5.41, 5.74) is 1.43. The number of para-hydroxylation sites is 1. The molecule has 1 N–H and O–H groups in total. The molecule has 25 heavy (non-hydrogen) atoms. The fourth-order valence-electron chi connectivity index (χ4n) is 2.70. The first-order chi connectivity index (χ1) is 12.3. The van der Waals surface area contributed by atoms with E-state index in [1.807, 2.05) is 29.2 Å². The van der Waals surface area contributed by atoms with Crippen LogP contribution in [0.4, 0.5) is 5.95 Å². The average Bonchev–Trinajstić information content (AvgIpc) is 2.69. The van der Waals surface area contributed by atoms with Crippen LogP contribution in [0.2, 0.25) is 0 Å². The van der Waals surface area contributed by atoms with Gasteiger partial charge in [0.2, 0.25) is 5.95 Å². The van der Waals surface area contributed by atoms with E-state index in [9.17, 15) is 4.79 Å². The van der Waals surface area contributed by atoms with Gasteiger partial charge in [-0.05, 0) is 24.1 Å². The Morgan fingerprint density at radius 1 is 1.28 bits per heavy atom. The van der Waals surface area contributed by atoms with Crippen LogP contribution in [0.1, 0.15) is 16.1 Å². The third kappa shape index (κ3) is 4.45. The molecule has 1 aromatic heterocycles. The largest absolute Gasteiger partial charge is 0.496 e. The molecular formula is C18H22N4O3. The number of hydrogen-bond donors (Lipinski definition) is 1. The van der Waals surface area contributed by atoms with E-state index in [1.165, 1.54) is 0 Å². The van der Waals surface area contributed by atoms with Crippen LogP contribution in [0.25, 0.3) is 0 Å². The number of carbonyl (C=O) groups excluding carboxylic acids is 1. The fourth-order valence-corrected chi connectivity index (χ4v) is 2.70. The Kier molecular flexibility index (Phi) is 5.79. The Morgan fingerprint density at radius 3 is 2.88 bits per heavy atom. The van der Waals surface area contributed by atoms with Gasteiger partial charge in [0.05, 0.1) is 20.3 Å². The van der Waals surface area contributed by atoms with Crippen molar-refractivity contribution in [3.63, 3.8) is 0 Å². The Balaban J connectivity index is 1.58. The topological polar surface area (TPSA) is 76.6 Å². The third-order valence-corrected chi connectivity index (χ3v) is 4.04. The second-order valence-corrected chi connectivity index (χ2v) is 5.66. The minimum absolute atomic E-state index is 0.202. The summed E-state index contributed by atoms with van der Waals surface area (Å²) in [6.45, 7) is 3.28. The smallest absolute Gasteiger partial charge is 0.270 e. The molecule has 0 unspecified atom stereocenters. The molecule has 1 fully saturated rings. The zero-order valence-electron chi connectivity index (χ0n) is 14.3. The summed E-state index contributed by atoms with van der Waals surface area (Å²) in [5.74, 6) is 1.20. The average molecular weight is 342 g/mol. The van der Waals surface area contributed by atoms with Crippen molar-refractivity contribution in [3.05, 3.63) is 47.8 Å². The molecule has 0 radical (unpaired) electrons. The van der Waals surface area contributed by atoms with E-state index >= 15 is 0 Å². The van der Waals surface area contributed by atoms with E-state index in [0.717, 1.165) is 24.4 Å². The number of carbonyl (C=O) groups is 1. The zero-order chi connectivity index (χ0) is 17.5. The molecule has 1 aromatic carbocycles. The highest BCUT2D eigenvalue weighted by atomic mass is 16.5. The first kappa shape index (κ1) is 17.2. The van der Waals surface area contributed by atoms with Gasteiger partial charge in [-0.2, -0.15) is 0 Å². The van der Waals surface area contributed by atoms with Gasteiger partial charge in [0, 0.05) is 25.8 Å². The maximum atomic E-state index is 12.3. The molecule has 1 saturated heterocycles. The summed E-state index contributed by atoms with van der Waals surface area (Å²) < 4.78 is 10.6. The standard InChI is InChI=1S/C18H22N4O3/c1-24-16-5-3-2-4-14(16)6-8-19-17(23)15-7-9-20-18(21-15)22-10-12-25-13-11-22/h2-5,7,9H,6,8,10-13H2,1H3,(H,19,23). The molecule has 1 aliphatic rings. The van der Waals surface area contributed by atoms with Crippen molar-refractivity contribution in [1.29, 1.82) is 0 Å². The van der Waals surface area contributed by atoms with Crippen molar-refractivity contribution in [1.82, 2.24) is 15.3 Å². The van der Waals surface area contributed by atoms with Gasteiger partial charge in [-0.3, -0.25) is 4.79 Å². The summed E-state index contributed by atoms with van der Waals surface area (Å²) >= 11 is 0. The van der Waals surface area contributed by atoms with Crippen LogP contribution in [0.15, 0.2) is 36.5 Å². The molecule has 1 amide bonds. The second-order valence-electron chi connectivity index (χ2n) is 5.66. The Bertz CT molecular complexity index is 717. The molecule has 2 heterocycles. The van der Waals surface area contributed by atoms with Gasteiger partial charge in [0.15, 0.2) is 0 Å². The van der Waals surface area contributed by atoms with Crippen molar-refractivity contribution in [2.45, 2.75) is 6.42 Å². The number of amides is 1. The van der Waals surface area contributed by atoms with E-state index in [-0.39, 0.29) is 5.91 Å². The highest BCUT2D eigenvalue weighted by Crippen LogP contribution is 2.17. The number of rotatable bonds is 6. The van der Waals surface area contributed by atoms with Crippen molar-refractivity contribution < 1.29 is 14.3 Å². The monoisotopic (exact) mass is 342 g/mol. The Hall–Kier alpha value is -2.67. The van der Waals surface area contributed by atoms with Crippen LogP contribution in [0.5, 0.6) is 5.75 Å².